The molecule has 0 N–H and O–H groups in total. The minimum atomic E-state index is 0.433. The van der Waals surface area contributed by atoms with Crippen molar-refractivity contribution in [3.63, 3.8) is 0 Å². The third kappa shape index (κ3) is 2.87. The maximum Gasteiger partial charge on any atom is 0.157 e. The average Bonchev–Trinajstić information content (AvgIpc) is 2.94. The molecule has 0 fully saturated rings. The second kappa shape index (κ2) is 5.03. The van der Waals surface area contributed by atoms with E-state index >= 15 is 0 Å². The van der Waals surface area contributed by atoms with Crippen LogP contribution in [0.4, 0.5) is 0 Å². The van der Waals surface area contributed by atoms with Gasteiger partial charge in [0.1, 0.15) is 6.61 Å². The number of rotatable bonds is 5. The Balaban J connectivity index is 1.93. The third-order valence-electron chi connectivity index (χ3n) is 2.77. The van der Waals surface area contributed by atoms with Gasteiger partial charge in [0.05, 0.1) is 18.1 Å². The first-order valence-corrected chi connectivity index (χ1v) is 5.84. The number of ether oxygens (including phenoxy) is 1. The Morgan fingerprint density at radius 2 is 2.29 bits per heavy atom. The molecular formula is C12H18N4O. The Labute approximate surface area is 101 Å². The van der Waals surface area contributed by atoms with Gasteiger partial charge >= 0.3 is 0 Å². The van der Waals surface area contributed by atoms with Gasteiger partial charge in [-0.05, 0) is 19.4 Å². The second-order valence-electron chi connectivity index (χ2n) is 4.18. The van der Waals surface area contributed by atoms with E-state index in [0.717, 1.165) is 17.9 Å². The largest absolute Gasteiger partial charge is 0.484 e. The molecule has 0 saturated carbocycles. The molecule has 17 heavy (non-hydrogen) atoms. The highest BCUT2D eigenvalue weighted by Crippen LogP contribution is 2.12. The molecule has 0 saturated heterocycles. The fraction of sp³-hybridized carbons (Fsp3) is 0.500. The highest BCUT2D eigenvalue weighted by Gasteiger charge is 2.05. The van der Waals surface area contributed by atoms with Crippen molar-refractivity contribution in [3.05, 3.63) is 30.4 Å². The Kier molecular flexibility index (Phi) is 3.46. The summed E-state index contributed by atoms with van der Waals surface area (Å²) in [6.07, 6.45) is 6.61. The van der Waals surface area contributed by atoms with Gasteiger partial charge in [-0.1, -0.05) is 6.92 Å². The molecule has 92 valence electrons. The summed E-state index contributed by atoms with van der Waals surface area (Å²) < 4.78 is 9.27. The minimum absolute atomic E-state index is 0.433. The van der Waals surface area contributed by atoms with E-state index in [4.69, 9.17) is 4.74 Å². The Morgan fingerprint density at radius 1 is 1.47 bits per heavy atom. The Hall–Kier alpha value is -1.78. The monoisotopic (exact) mass is 234 g/mol. The van der Waals surface area contributed by atoms with Crippen LogP contribution in [-0.2, 0) is 13.7 Å². The maximum atomic E-state index is 5.58. The van der Waals surface area contributed by atoms with Gasteiger partial charge in [-0.25, -0.2) is 0 Å². The van der Waals surface area contributed by atoms with Crippen LogP contribution in [0.15, 0.2) is 24.7 Å². The van der Waals surface area contributed by atoms with Gasteiger partial charge in [0.2, 0.25) is 0 Å². The van der Waals surface area contributed by atoms with E-state index in [2.05, 4.69) is 24.0 Å². The number of hydrogen-bond acceptors (Lipinski definition) is 3. The zero-order chi connectivity index (χ0) is 12.3. The van der Waals surface area contributed by atoms with E-state index in [9.17, 15) is 0 Å². The standard InChI is InChI=1S/C12H18N4O/c1-4-10(2)16-6-5-11(14-16)9-17-12-7-13-15(3)8-12/h5-8,10H,4,9H2,1-3H3. The van der Waals surface area contributed by atoms with Crippen LogP contribution in [0, 0.1) is 0 Å². The van der Waals surface area contributed by atoms with Gasteiger partial charge < -0.3 is 4.74 Å². The molecule has 0 aromatic carbocycles. The summed E-state index contributed by atoms with van der Waals surface area (Å²) in [5.74, 6) is 0.769. The second-order valence-corrected chi connectivity index (χ2v) is 4.18. The van der Waals surface area contributed by atoms with Crippen molar-refractivity contribution in [1.29, 1.82) is 0 Å². The summed E-state index contributed by atoms with van der Waals surface area (Å²) in [7, 11) is 1.87. The summed E-state index contributed by atoms with van der Waals surface area (Å²) in [6.45, 7) is 4.78. The number of hydrogen-bond donors (Lipinski definition) is 0. The summed E-state index contributed by atoms with van der Waals surface area (Å²) >= 11 is 0. The normalized spacial score (nSPS) is 12.6. The van der Waals surface area contributed by atoms with Crippen molar-refractivity contribution < 1.29 is 4.74 Å². The predicted octanol–water partition coefficient (Wildman–Crippen LogP) is 2.17. The van der Waals surface area contributed by atoms with Crippen molar-refractivity contribution in [3.8, 4) is 5.75 Å². The van der Waals surface area contributed by atoms with E-state index in [1.165, 1.54) is 0 Å². The molecule has 2 heterocycles. The van der Waals surface area contributed by atoms with Crippen LogP contribution in [0.2, 0.25) is 0 Å². The zero-order valence-electron chi connectivity index (χ0n) is 10.5. The van der Waals surface area contributed by atoms with E-state index < -0.39 is 0 Å². The lowest BCUT2D eigenvalue weighted by atomic mass is 10.3. The van der Waals surface area contributed by atoms with Crippen molar-refractivity contribution in [2.24, 2.45) is 7.05 Å². The molecule has 0 bridgehead atoms. The van der Waals surface area contributed by atoms with Crippen LogP contribution in [-0.4, -0.2) is 19.6 Å². The van der Waals surface area contributed by atoms with Crippen LogP contribution >= 0.6 is 0 Å². The Morgan fingerprint density at radius 3 is 2.94 bits per heavy atom. The SMILES string of the molecule is CCC(C)n1ccc(COc2cnn(C)c2)n1. The van der Waals surface area contributed by atoms with Crippen molar-refractivity contribution in [2.75, 3.05) is 0 Å². The molecule has 0 radical (unpaired) electrons. The molecule has 1 atom stereocenters. The highest BCUT2D eigenvalue weighted by atomic mass is 16.5. The summed E-state index contributed by atoms with van der Waals surface area (Å²) in [6, 6.07) is 2.42. The van der Waals surface area contributed by atoms with Crippen molar-refractivity contribution in [1.82, 2.24) is 19.6 Å². The van der Waals surface area contributed by atoms with Gasteiger partial charge in [-0.3, -0.25) is 9.36 Å². The molecule has 5 nitrogen and oxygen atoms in total. The first-order chi connectivity index (χ1) is 8.19. The van der Waals surface area contributed by atoms with Gasteiger partial charge in [0.15, 0.2) is 5.75 Å². The van der Waals surface area contributed by atoms with Crippen LogP contribution in [0.25, 0.3) is 0 Å². The summed E-state index contributed by atoms with van der Waals surface area (Å²) in [5, 5.41) is 8.51. The molecular weight excluding hydrogens is 216 g/mol. The molecule has 0 amide bonds. The average molecular weight is 234 g/mol. The van der Waals surface area contributed by atoms with Gasteiger partial charge in [-0.2, -0.15) is 10.2 Å². The lowest BCUT2D eigenvalue weighted by Gasteiger charge is -2.08. The number of aromatic nitrogens is 4. The van der Waals surface area contributed by atoms with E-state index in [1.807, 2.05) is 30.2 Å². The van der Waals surface area contributed by atoms with Crippen LogP contribution in [0.3, 0.4) is 0 Å². The highest BCUT2D eigenvalue weighted by molar-refractivity contribution is 5.12. The molecule has 0 aliphatic rings. The lowest BCUT2D eigenvalue weighted by Crippen LogP contribution is -2.05. The van der Waals surface area contributed by atoms with E-state index in [0.29, 0.717) is 12.6 Å². The molecule has 0 spiro atoms. The molecule has 2 rings (SSSR count). The lowest BCUT2D eigenvalue weighted by molar-refractivity contribution is 0.298. The van der Waals surface area contributed by atoms with Gasteiger partial charge in [-0.15, -0.1) is 0 Å². The Bertz CT molecular complexity index is 474. The fourth-order valence-electron chi connectivity index (χ4n) is 1.52. The number of nitrogens with zero attached hydrogens (tertiary/aromatic N) is 4. The number of aryl methyl sites for hydroxylation is 1. The summed E-state index contributed by atoms with van der Waals surface area (Å²) in [5.41, 5.74) is 0.939. The molecule has 5 heteroatoms. The van der Waals surface area contributed by atoms with Crippen LogP contribution in [0.5, 0.6) is 5.75 Å². The molecule has 0 aliphatic carbocycles. The smallest absolute Gasteiger partial charge is 0.157 e. The zero-order valence-corrected chi connectivity index (χ0v) is 10.5. The van der Waals surface area contributed by atoms with Crippen LogP contribution < -0.4 is 4.74 Å². The van der Waals surface area contributed by atoms with E-state index in [-0.39, 0.29) is 0 Å². The molecule has 1 unspecified atom stereocenters. The molecule has 0 aliphatic heterocycles. The minimum Gasteiger partial charge on any atom is -0.484 e. The van der Waals surface area contributed by atoms with Crippen molar-refractivity contribution in [2.45, 2.75) is 32.9 Å². The van der Waals surface area contributed by atoms with Gasteiger partial charge in [0, 0.05) is 19.3 Å². The quantitative estimate of drug-likeness (QED) is 0.796. The van der Waals surface area contributed by atoms with Crippen LogP contribution in [0.1, 0.15) is 32.0 Å². The van der Waals surface area contributed by atoms with Gasteiger partial charge in [0.25, 0.3) is 0 Å². The third-order valence-corrected chi connectivity index (χ3v) is 2.77. The maximum absolute atomic E-state index is 5.58. The topological polar surface area (TPSA) is 44.9 Å². The summed E-state index contributed by atoms with van der Waals surface area (Å²) in [4.78, 5) is 0. The predicted molar refractivity (Wildman–Crippen MR) is 64.8 cm³/mol. The first-order valence-electron chi connectivity index (χ1n) is 5.84. The first kappa shape index (κ1) is 11.7. The molecule has 2 aromatic heterocycles. The van der Waals surface area contributed by atoms with Crippen molar-refractivity contribution >= 4 is 0 Å². The van der Waals surface area contributed by atoms with E-state index in [1.54, 1.807) is 10.9 Å². The molecule has 2 aromatic rings. The fourth-order valence-corrected chi connectivity index (χ4v) is 1.52.